The molecule has 6 heteroatoms. The summed E-state index contributed by atoms with van der Waals surface area (Å²) in [5.41, 5.74) is 3.46. The fourth-order valence-corrected chi connectivity index (χ4v) is 4.35. The number of fused-ring (bicyclic) bond motifs is 1. The van der Waals surface area contributed by atoms with Crippen molar-refractivity contribution in [3.8, 4) is 11.5 Å². The van der Waals surface area contributed by atoms with Crippen molar-refractivity contribution in [2.24, 2.45) is 0 Å². The van der Waals surface area contributed by atoms with Crippen LogP contribution in [0.2, 0.25) is 0 Å². The first-order valence-corrected chi connectivity index (χ1v) is 10.5. The molecule has 0 radical (unpaired) electrons. The summed E-state index contributed by atoms with van der Waals surface area (Å²) < 4.78 is 10.9. The molecule has 2 aliphatic heterocycles. The number of hydrogen-bond donors (Lipinski definition) is 3. The molecule has 1 atom stereocenters. The van der Waals surface area contributed by atoms with Crippen LogP contribution in [0.4, 0.5) is 5.69 Å². The number of quaternary nitrogens is 2. The number of nitrogens with one attached hydrogen (secondary N) is 3. The van der Waals surface area contributed by atoms with Gasteiger partial charge in [0.15, 0.2) is 6.04 Å². The average molecular weight is 398 g/mol. The molecule has 2 aliphatic rings. The van der Waals surface area contributed by atoms with Crippen LogP contribution in [0.25, 0.3) is 0 Å². The number of methoxy groups -OCH3 is 1. The number of rotatable bonds is 6. The minimum absolute atomic E-state index is 0.0478. The van der Waals surface area contributed by atoms with Crippen LogP contribution < -0.4 is 24.6 Å². The maximum atomic E-state index is 12.8. The number of piperazine rings is 1. The molecule has 2 aromatic rings. The third kappa shape index (κ3) is 4.54. The lowest BCUT2D eigenvalue weighted by Gasteiger charge is -2.32. The molecule has 3 N–H and O–H groups in total. The Kier molecular flexibility index (Phi) is 6.02. The SMILES string of the molecule is COc1ccccc1NC(=O)[C@H](C)[NH+]1CC[NH+](Cc2ccc3c(c2)CCO3)CC1. The zero-order chi connectivity index (χ0) is 20.2. The molecular weight excluding hydrogens is 366 g/mol. The third-order valence-corrected chi connectivity index (χ3v) is 6.18. The van der Waals surface area contributed by atoms with Crippen LogP contribution in [0.1, 0.15) is 18.1 Å². The molecule has 1 saturated heterocycles. The molecule has 1 fully saturated rings. The fourth-order valence-electron chi connectivity index (χ4n) is 4.35. The second-order valence-electron chi connectivity index (χ2n) is 8.04. The molecule has 2 heterocycles. The molecule has 1 amide bonds. The first kappa shape index (κ1) is 19.7. The van der Waals surface area contributed by atoms with Gasteiger partial charge in [-0.15, -0.1) is 0 Å². The fraction of sp³-hybridized carbons (Fsp3) is 0.435. The Morgan fingerprint density at radius 2 is 1.97 bits per heavy atom. The third-order valence-electron chi connectivity index (χ3n) is 6.18. The number of anilines is 1. The van der Waals surface area contributed by atoms with Gasteiger partial charge in [0.25, 0.3) is 5.91 Å². The Morgan fingerprint density at radius 1 is 1.17 bits per heavy atom. The number of hydrogen-bond acceptors (Lipinski definition) is 3. The topological polar surface area (TPSA) is 56.4 Å². The molecule has 0 bridgehead atoms. The molecule has 0 unspecified atom stereocenters. The number of para-hydroxylation sites is 2. The predicted octanol–water partition coefficient (Wildman–Crippen LogP) is -0.0593. The van der Waals surface area contributed by atoms with Gasteiger partial charge in [-0.2, -0.15) is 0 Å². The quantitative estimate of drug-likeness (QED) is 0.640. The lowest BCUT2D eigenvalue weighted by molar-refractivity contribution is -1.02. The van der Waals surface area contributed by atoms with Crippen molar-refractivity contribution in [2.45, 2.75) is 25.9 Å². The smallest absolute Gasteiger partial charge is 0.282 e. The number of amides is 1. The summed E-state index contributed by atoms with van der Waals surface area (Å²) >= 11 is 0. The minimum atomic E-state index is -0.0846. The summed E-state index contributed by atoms with van der Waals surface area (Å²) in [4.78, 5) is 15.7. The Balaban J connectivity index is 1.29. The average Bonchev–Trinajstić information content (AvgIpc) is 3.22. The van der Waals surface area contributed by atoms with Gasteiger partial charge in [-0.25, -0.2) is 0 Å². The van der Waals surface area contributed by atoms with E-state index in [9.17, 15) is 4.79 Å². The zero-order valence-electron chi connectivity index (χ0n) is 17.3. The largest absolute Gasteiger partial charge is 0.495 e. The highest BCUT2D eigenvalue weighted by atomic mass is 16.5. The van der Waals surface area contributed by atoms with Gasteiger partial charge in [0.2, 0.25) is 0 Å². The maximum absolute atomic E-state index is 12.8. The van der Waals surface area contributed by atoms with Gasteiger partial charge in [-0.1, -0.05) is 12.1 Å². The standard InChI is InChI=1S/C23H29N3O3/c1-17(23(27)24-20-5-3-4-6-22(20)28-2)26-12-10-25(11-13-26)16-18-7-8-21-19(15-18)9-14-29-21/h3-8,15,17H,9-14,16H2,1-2H3,(H,24,27)/p+2/t17-/m0/s1. The van der Waals surface area contributed by atoms with Gasteiger partial charge in [0, 0.05) is 12.0 Å². The van der Waals surface area contributed by atoms with Gasteiger partial charge in [0.1, 0.15) is 44.2 Å². The van der Waals surface area contributed by atoms with Gasteiger partial charge in [-0.05, 0) is 42.8 Å². The van der Waals surface area contributed by atoms with Crippen LogP contribution in [0.3, 0.4) is 0 Å². The highest BCUT2D eigenvalue weighted by Crippen LogP contribution is 2.25. The van der Waals surface area contributed by atoms with E-state index in [-0.39, 0.29) is 11.9 Å². The number of benzene rings is 2. The van der Waals surface area contributed by atoms with Crippen molar-refractivity contribution < 1.29 is 24.1 Å². The van der Waals surface area contributed by atoms with Crippen LogP contribution in [-0.4, -0.2) is 51.8 Å². The normalized spacial score (nSPS) is 21.7. The van der Waals surface area contributed by atoms with Crippen molar-refractivity contribution in [3.63, 3.8) is 0 Å². The molecule has 0 saturated carbocycles. The summed E-state index contributed by atoms with van der Waals surface area (Å²) in [5, 5.41) is 3.03. The first-order valence-electron chi connectivity index (χ1n) is 10.5. The van der Waals surface area contributed by atoms with E-state index in [1.54, 1.807) is 12.0 Å². The van der Waals surface area contributed by atoms with Crippen LogP contribution in [0.15, 0.2) is 42.5 Å². The van der Waals surface area contributed by atoms with E-state index in [4.69, 9.17) is 9.47 Å². The zero-order valence-corrected chi connectivity index (χ0v) is 17.3. The van der Waals surface area contributed by atoms with Gasteiger partial charge in [-0.3, -0.25) is 4.79 Å². The maximum Gasteiger partial charge on any atom is 0.282 e. The lowest BCUT2D eigenvalue weighted by atomic mass is 10.1. The number of carbonyl (C=O) groups is 1. The van der Waals surface area contributed by atoms with E-state index in [1.165, 1.54) is 16.0 Å². The molecule has 0 aromatic heterocycles. The van der Waals surface area contributed by atoms with Gasteiger partial charge >= 0.3 is 0 Å². The molecule has 0 spiro atoms. The summed E-state index contributed by atoms with van der Waals surface area (Å²) in [7, 11) is 1.62. The van der Waals surface area contributed by atoms with Crippen molar-refractivity contribution in [3.05, 3.63) is 53.6 Å². The second kappa shape index (κ2) is 8.84. The van der Waals surface area contributed by atoms with Crippen LogP contribution in [0.5, 0.6) is 11.5 Å². The minimum Gasteiger partial charge on any atom is -0.495 e. The molecular formula is C23H31N3O3+2. The van der Waals surface area contributed by atoms with Crippen molar-refractivity contribution >= 4 is 11.6 Å². The highest BCUT2D eigenvalue weighted by Gasteiger charge is 2.31. The summed E-state index contributed by atoms with van der Waals surface area (Å²) in [6, 6.07) is 14.1. The summed E-state index contributed by atoms with van der Waals surface area (Å²) in [6.45, 7) is 8.04. The molecule has 0 aliphatic carbocycles. The molecule has 2 aromatic carbocycles. The van der Waals surface area contributed by atoms with E-state index >= 15 is 0 Å². The van der Waals surface area contributed by atoms with E-state index in [0.717, 1.165) is 57.2 Å². The van der Waals surface area contributed by atoms with Crippen molar-refractivity contribution in [1.82, 2.24) is 0 Å². The second-order valence-corrected chi connectivity index (χ2v) is 8.04. The summed E-state index contributed by atoms with van der Waals surface area (Å²) in [5.74, 6) is 1.79. The number of ether oxygens (including phenoxy) is 2. The van der Waals surface area contributed by atoms with Gasteiger partial charge in [0.05, 0.1) is 19.4 Å². The van der Waals surface area contributed by atoms with Crippen LogP contribution in [-0.2, 0) is 17.8 Å². The Labute approximate surface area is 172 Å². The molecule has 6 nitrogen and oxygen atoms in total. The van der Waals surface area contributed by atoms with Crippen molar-refractivity contribution in [2.75, 3.05) is 45.2 Å². The van der Waals surface area contributed by atoms with E-state index in [0.29, 0.717) is 5.75 Å². The van der Waals surface area contributed by atoms with Crippen LogP contribution >= 0.6 is 0 Å². The number of carbonyl (C=O) groups excluding carboxylic acids is 1. The van der Waals surface area contributed by atoms with E-state index in [1.807, 2.05) is 31.2 Å². The van der Waals surface area contributed by atoms with Gasteiger partial charge < -0.3 is 24.6 Å². The van der Waals surface area contributed by atoms with E-state index in [2.05, 4.69) is 23.5 Å². The molecule has 29 heavy (non-hydrogen) atoms. The Hall–Kier alpha value is -2.57. The Morgan fingerprint density at radius 3 is 2.76 bits per heavy atom. The first-order chi connectivity index (χ1) is 14.1. The predicted molar refractivity (Wildman–Crippen MR) is 112 cm³/mol. The summed E-state index contributed by atoms with van der Waals surface area (Å²) in [6.07, 6.45) is 1.02. The molecule has 154 valence electrons. The monoisotopic (exact) mass is 397 g/mol. The molecule has 4 rings (SSSR count). The van der Waals surface area contributed by atoms with Crippen molar-refractivity contribution in [1.29, 1.82) is 0 Å². The van der Waals surface area contributed by atoms with E-state index < -0.39 is 0 Å². The highest BCUT2D eigenvalue weighted by molar-refractivity contribution is 5.94. The lowest BCUT2D eigenvalue weighted by Crippen LogP contribution is -3.29. The Bertz CT molecular complexity index is 862. The van der Waals surface area contributed by atoms with Crippen LogP contribution in [0, 0.1) is 0 Å².